The molecule has 27 heavy (non-hydrogen) atoms. The van der Waals surface area contributed by atoms with Crippen molar-refractivity contribution in [1.82, 2.24) is 34.7 Å². The van der Waals surface area contributed by atoms with Crippen LogP contribution in [0.15, 0.2) is 43.0 Å². The van der Waals surface area contributed by atoms with Crippen LogP contribution in [0, 0.1) is 6.92 Å². The highest BCUT2D eigenvalue weighted by molar-refractivity contribution is 5.94. The van der Waals surface area contributed by atoms with Crippen LogP contribution >= 0.6 is 0 Å². The lowest BCUT2D eigenvalue weighted by atomic mass is 9.98. The molecule has 4 rings (SSSR count). The number of piperidine rings is 1. The Bertz CT molecular complexity index is 885. The second-order valence-electron chi connectivity index (χ2n) is 6.91. The quantitative estimate of drug-likeness (QED) is 0.693. The van der Waals surface area contributed by atoms with Gasteiger partial charge in [-0.15, -0.1) is 5.10 Å². The average Bonchev–Trinajstić information content (AvgIpc) is 3.38. The number of amides is 1. The molecule has 1 saturated heterocycles. The zero-order valence-electron chi connectivity index (χ0n) is 15.4. The lowest BCUT2D eigenvalue weighted by Crippen LogP contribution is -2.44. The molecule has 0 aliphatic carbocycles. The standard InChI is InChI=1S/C19H23N7O/c1-15-20-10-13-24(15)12-9-17-4-2-3-11-25(17)19(27)16-5-7-18(8-6-16)26-14-21-22-23-26/h5-8,10,13-14,17H,2-4,9,11-12H2,1H3/t17-/m0/s1. The minimum atomic E-state index is 0.102. The van der Waals surface area contributed by atoms with E-state index < -0.39 is 0 Å². The summed E-state index contributed by atoms with van der Waals surface area (Å²) in [4.78, 5) is 19.4. The van der Waals surface area contributed by atoms with E-state index in [1.54, 1.807) is 4.68 Å². The maximum atomic E-state index is 13.1. The second-order valence-corrected chi connectivity index (χ2v) is 6.91. The van der Waals surface area contributed by atoms with Gasteiger partial charge in [-0.25, -0.2) is 9.67 Å². The van der Waals surface area contributed by atoms with Gasteiger partial charge in [0.05, 0.1) is 5.69 Å². The normalized spacial score (nSPS) is 17.2. The second kappa shape index (κ2) is 7.69. The number of tetrazole rings is 1. The number of aromatic nitrogens is 6. The topological polar surface area (TPSA) is 81.7 Å². The molecular weight excluding hydrogens is 342 g/mol. The molecule has 0 spiro atoms. The molecular formula is C19H23N7O. The number of hydrogen-bond acceptors (Lipinski definition) is 5. The molecule has 1 atom stereocenters. The van der Waals surface area contributed by atoms with E-state index in [0.29, 0.717) is 5.56 Å². The van der Waals surface area contributed by atoms with Crippen molar-refractivity contribution in [2.24, 2.45) is 0 Å². The summed E-state index contributed by atoms with van der Waals surface area (Å²) in [5.74, 6) is 1.12. The highest BCUT2D eigenvalue weighted by Gasteiger charge is 2.27. The molecule has 0 radical (unpaired) electrons. The van der Waals surface area contributed by atoms with Crippen LogP contribution in [0.3, 0.4) is 0 Å². The third-order valence-electron chi connectivity index (χ3n) is 5.24. The Balaban J connectivity index is 1.46. The largest absolute Gasteiger partial charge is 0.336 e. The average molecular weight is 365 g/mol. The molecule has 8 nitrogen and oxygen atoms in total. The molecule has 1 aliphatic rings. The lowest BCUT2D eigenvalue weighted by molar-refractivity contribution is 0.0595. The Morgan fingerprint density at radius 3 is 2.78 bits per heavy atom. The minimum absolute atomic E-state index is 0.102. The summed E-state index contributed by atoms with van der Waals surface area (Å²) in [5, 5.41) is 11.1. The van der Waals surface area contributed by atoms with Crippen LogP contribution in [0.1, 0.15) is 41.9 Å². The van der Waals surface area contributed by atoms with Crippen molar-refractivity contribution in [2.45, 2.75) is 45.2 Å². The van der Waals surface area contributed by atoms with E-state index in [2.05, 4.69) is 25.1 Å². The van der Waals surface area contributed by atoms with Gasteiger partial charge < -0.3 is 9.47 Å². The maximum absolute atomic E-state index is 13.1. The van der Waals surface area contributed by atoms with Gasteiger partial charge in [-0.3, -0.25) is 4.79 Å². The van der Waals surface area contributed by atoms with E-state index in [4.69, 9.17) is 0 Å². The van der Waals surface area contributed by atoms with Crippen molar-refractivity contribution >= 4 is 5.91 Å². The van der Waals surface area contributed by atoms with Crippen molar-refractivity contribution in [3.8, 4) is 5.69 Å². The van der Waals surface area contributed by atoms with Crippen LogP contribution in [-0.4, -0.2) is 53.2 Å². The number of nitrogens with zero attached hydrogens (tertiary/aromatic N) is 7. The Hall–Kier alpha value is -3.03. The molecule has 1 aromatic carbocycles. The van der Waals surface area contributed by atoms with E-state index in [9.17, 15) is 4.79 Å². The smallest absolute Gasteiger partial charge is 0.254 e. The van der Waals surface area contributed by atoms with Gasteiger partial charge in [-0.2, -0.15) is 0 Å². The zero-order chi connectivity index (χ0) is 18.6. The number of aryl methyl sites for hydroxylation is 2. The summed E-state index contributed by atoms with van der Waals surface area (Å²) >= 11 is 0. The van der Waals surface area contributed by atoms with Crippen LogP contribution < -0.4 is 0 Å². The fraction of sp³-hybridized carbons (Fsp3) is 0.421. The minimum Gasteiger partial charge on any atom is -0.336 e. The first kappa shape index (κ1) is 17.4. The van der Waals surface area contributed by atoms with Crippen molar-refractivity contribution < 1.29 is 4.79 Å². The predicted molar refractivity (Wildman–Crippen MR) is 99.4 cm³/mol. The Morgan fingerprint density at radius 1 is 1.22 bits per heavy atom. The number of carbonyl (C=O) groups excluding carboxylic acids is 1. The first-order valence-electron chi connectivity index (χ1n) is 9.34. The van der Waals surface area contributed by atoms with E-state index in [-0.39, 0.29) is 11.9 Å². The number of benzene rings is 1. The fourth-order valence-corrected chi connectivity index (χ4v) is 3.70. The number of imidazole rings is 1. The number of rotatable bonds is 5. The summed E-state index contributed by atoms with van der Waals surface area (Å²) in [6.07, 6.45) is 9.61. The highest BCUT2D eigenvalue weighted by Crippen LogP contribution is 2.23. The maximum Gasteiger partial charge on any atom is 0.254 e. The van der Waals surface area contributed by atoms with Gasteiger partial charge >= 0.3 is 0 Å². The van der Waals surface area contributed by atoms with Crippen LogP contribution in [-0.2, 0) is 6.54 Å². The van der Waals surface area contributed by atoms with E-state index in [0.717, 1.165) is 43.9 Å². The molecule has 3 heterocycles. The fourth-order valence-electron chi connectivity index (χ4n) is 3.70. The van der Waals surface area contributed by atoms with Gasteiger partial charge in [0, 0.05) is 37.1 Å². The molecule has 0 bridgehead atoms. The van der Waals surface area contributed by atoms with Crippen LogP contribution in [0.5, 0.6) is 0 Å². The van der Waals surface area contributed by atoms with Crippen LogP contribution in [0.2, 0.25) is 0 Å². The molecule has 1 amide bonds. The number of hydrogen-bond donors (Lipinski definition) is 0. The highest BCUT2D eigenvalue weighted by atomic mass is 16.2. The molecule has 140 valence electrons. The van der Waals surface area contributed by atoms with Crippen LogP contribution in [0.4, 0.5) is 0 Å². The molecule has 0 saturated carbocycles. The Labute approximate surface area is 157 Å². The summed E-state index contributed by atoms with van der Waals surface area (Å²) in [6.45, 7) is 3.72. The SMILES string of the molecule is Cc1nccn1CC[C@@H]1CCCCN1C(=O)c1ccc(-n2cnnn2)cc1. The van der Waals surface area contributed by atoms with Crippen molar-refractivity contribution in [1.29, 1.82) is 0 Å². The van der Waals surface area contributed by atoms with Gasteiger partial charge in [0.2, 0.25) is 0 Å². The molecule has 3 aromatic rings. The first-order chi connectivity index (χ1) is 13.2. The molecule has 1 fully saturated rings. The number of likely N-dealkylation sites (tertiary alicyclic amines) is 1. The molecule has 2 aromatic heterocycles. The third-order valence-corrected chi connectivity index (χ3v) is 5.24. The van der Waals surface area contributed by atoms with Gasteiger partial charge in [-0.1, -0.05) is 0 Å². The zero-order valence-corrected chi connectivity index (χ0v) is 15.4. The van der Waals surface area contributed by atoms with Crippen LogP contribution in [0.25, 0.3) is 5.69 Å². The monoisotopic (exact) mass is 365 g/mol. The molecule has 0 N–H and O–H groups in total. The predicted octanol–water partition coefficient (Wildman–Crippen LogP) is 2.25. The van der Waals surface area contributed by atoms with Gasteiger partial charge in [-0.05, 0) is 67.3 Å². The molecule has 1 aliphatic heterocycles. The van der Waals surface area contributed by atoms with Crippen molar-refractivity contribution in [3.05, 3.63) is 54.4 Å². The summed E-state index contributed by atoms with van der Waals surface area (Å²) in [7, 11) is 0. The van der Waals surface area contributed by atoms with Gasteiger partial charge in [0.1, 0.15) is 12.2 Å². The first-order valence-corrected chi connectivity index (χ1v) is 9.34. The van der Waals surface area contributed by atoms with Gasteiger partial charge in [0.15, 0.2) is 0 Å². The van der Waals surface area contributed by atoms with E-state index in [1.165, 1.54) is 12.7 Å². The summed E-state index contributed by atoms with van der Waals surface area (Å²) in [6, 6.07) is 7.72. The lowest BCUT2D eigenvalue weighted by Gasteiger charge is -2.36. The van der Waals surface area contributed by atoms with Crippen molar-refractivity contribution in [2.75, 3.05) is 6.54 Å². The number of carbonyl (C=O) groups is 1. The van der Waals surface area contributed by atoms with E-state index >= 15 is 0 Å². The summed E-state index contributed by atoms with van der Waals surface area (Å²) in [5.41, 5.74) is 1.54. The third kappa shape index (κ3) is 3.74. The Morgan fingerprint density at radius 2 is 2.07 bits per heavy atom. The van der Waals surface area contributed by atoms with Crippen molar-refractivity contribution in [3.63, 3.8) is 0 Å². The van der Waals surface area contributed by atoms with Gasteiger partial charge in [0.25, 0.3) is 5.91 Å². The molecule has 0 unspecified atom stereocenters. The molecule has 8 heteroatoms. The summed E-state index contributed by atoms with van der Waals surface area (Å²) < 4.78 is 3.73. The van der Waals surface area contributed by atoms with E-state index in [1.807, 2.05) is 48.5 Å². The Kier molecular flexibility index (Phi) is 4.95.